The monoisotopic (exact) mass is 595 g/mol. The van der Waals surface area contributed by atoms with Gasteiger partial charge in [0.05, 0.1) is 22.3 Å². The molecule has 10 heteroatoms. The summed E-state index contributed by atoms with van der Waals surface area (Å²) in [5, 5.41) is 16.0. The lowest BCUT2D eigenvalue weighted by Crippen LogP contribution is -2.27. The second-order valence-electron chi connectivity index (χ2n) is 10.8. The second-order valence-corrected chi connectivity index (χ2v) is 12.8. The zero-order valence-electron chi connectivity index (χ0n) is 22.2. The molecule has 4 aromatic rings. The van der Waals surface area contributed by atoms with E-state index in [0.717, 1.165) is 24.8 Å². The van der Waals surface area contributed by atoms with Gasteiger partial charge in [-0.25, -0.2) is 4.99 Å². The number of amides is 1. The summed E-state index contributed by atoms with van der Waals surface area (Å²) in [4.78, 5) is 30.5. The van der Waals surface area contributed by atoms with Gasteiger partial charge in [0.25, 0.3) is 11.6 Å². The van der Waals surface area contributed by atoms with E-state index in [9.17, 15) is 14.9 Å². The maximum atomic E-state index is 13.6. The van der Waals surface area contributed by atoms with E-state index in [2.05, 4.69) is 31.1 Å². The number of halogens is 2. The molecule has 0 unspecified atom stereocenters. The van der Waals surface area contributed by atoms with Gasteiger partial charge in [-0.2, -0.15) is 0 Å². The van der Waals surface area contributed by atoms with Crippen LogP contribution >= 0.6 is 34.5 Å². The molecule has 0 spiro atoms. The highest BCUT2D eigenvalue weighted by Crippen LogP contribution is 2.45. The van der Waals surface area contributed by atoms with Crippen LogP contribution in [-0.4, -0.2) is 17.0 Å². The molecule has 0 bridgehead atoms. The number of nitrogens with zero attached hydrogens (tertiary/aromatic N) is 2. The molecule has 2 heterocycles. The molecule has 40 heavy (non-hydrogen) atoms. The molecule has 7 nitrogen and oxygen atoms in total. The Morgan fingerprint density at radius 1 is 1.12 bits per heavy atom. The predicted molar refractivity (Wildman–Crippen MR) is 162 cm³/mol. The average Bonchev–Trinajstić information content (AvgIpc) is 3.52. The number of nitro groups is 1. The molecular weight excluding hydrogens is 569 g/mol. The van der Waals surface area contributed by atoms with Crippen molar-refractivity contribution in [1.82, 2.24) is 0 Å². The minimum absolute atomic E-state index is 0.147. The lowest BCUT2D eigenvalue weighted by atomic mass is 9.72. The van der Waals surface area contributed by atoms with Gasteiger partial charge in [0.15, 0.2) is 0 Å². The molecule has 5 rings (SSSR count). The number of furan rings is 1. The Kier molecular flexibility index (Phi) is 7.86. The van der Waals surface area contributed by atoms with Gasteiger partial charge < -0.3 is 9.73 Å². The largest absolute Gasteiger partial charge is 0.455 e. The van der Waals surface area contributed by atoms with E-state index in [4.69, 9.17) is 27.6 Å². The van der Waals surface area contributed by atoms with Gasteiger partial charge in [-0.3, -0.25) is 14.9 Å². The number of carbonyl (C=O) groups is 1. The molecule has 0 aliphatic heterocycles. The van der Waals surface area contributed by atoms with Crippen LogP contribution < -0.4 is 5.32 Å². The number of rotatable bonds is 6. The number of benzene rings is 2. The van der Waals surface area contributed by atoms with Crippen LogP contribution in [0.5, 0.6) is 0 Å². The summed E-state index contributed by atoms with van der Waals surface area (Å²) in [7, 11) is 0. The SMILES string of the molecule is CC(C)(C)[C@@H]1CCc2c(sc(N=Cc3ccc(-c4ccc(Cl)cc4[N+](=O)[O-])o3)c2C(=O)Nc2ccc(Cl)cc2)C1. The number of carbonyl (C=O) groups excluding carboxylic acids is 1. The fourth-order valence-corrected chi connectivity index (χ4v) is 6.48. The van der Waals surface area contributed by atoms with Gasteiger partial charge >= 0.3 is 0 Å². The number of thiophene rings is 1. The molecule has 1 amide bonds. The van der Waals surface area contributed by atoms with Crippen molar-refractivity contribution in [2.75, 3.05) is 5.32 Å². The van der Waals surface area contributed by atoms with Crippen molar-refractivity contribution >= 4 is 63.0 Å². The van der Waals surface area contributed by atoms with Crippen molar-refractivity contribution in [1.29, 1.82) is 0 Å². The van der Waals surface area contributed by atoms with Crippen molar-refractivity contribution in [3.63, 3.8) is 0 Å². The molecule has 1 N–H and O–H groups in total. The van der Waals surface area contributed by atoms with Crippen LogP contribution in [0.4, 0.5) is 16.4 Å². The smallest absolute Gasteiger partial charge is 0.281 e. The molecule has 1 atom stereocenters. The molecule has 2 aromatic heterocycles. The topological polar surface area (TPSA) is 97.7 Å². The summed E-state index contributed by atoms with van der Waals surface area (Å²) in [5.41, 5.74) is 2.58. The normalized spacial score (nSPS) is 15.3. The highest BCUT2D eigenvalue weighted by molar-refractivity contribution is 7.16. The molecule has 0 saturated carbocycles. The molecule has 2 aromatic carbocycles. The first-order chi connectivity index (χ1) is 19.0. The van der Waals surface area contributed by atoms with E-state index in [-0.39, 0.29) is 22.0 Å². The number of nitro benzene ring substituents is 1. The number of hydrogen-bond acceptors (Lipinski definition) is 6. The number of nitrogens with one attached hydrogen (secondary N) is 1. The highest BCUT2D eigenvalue weighted by Gasteiger charge is 2.33. The van der Waals surface area contributed by atoms with Crippen molar-refractivity contribution in [2.24, 2.45) is 16.3 Å². The Balaban J connectivity index is 1.48. The van der Waals surface area contributed by atoms with Crippen LogP contribution in [0.1, 0.15) is 53.8 Å². The second kappa shape index (κ2) is 11.2. The summed E-state index contributed by atoms with van der Waals surface area (Å²) in [6.07, 6.45) is 4.24. The first-order valence-corrected chi connectivity index (χ1v) is 14.4. The maximum Gasteiger partial charge on any atom is 0.281 e. The third-order valence-electron chi connectivity index (χ3n) is 7.16. The van der Waals surface area contributed by atoms with E-state index < -0.39 is 4.92 Å². The predicted octanol–water partition coefficient (Wildman–Crippen LogP) is 9.38. The number of aliphatic imine (C=N–C) groups is 1. The molecule has 1 aliphatic rings. The van der Waals surface area contributed by atoms with Crippen molar-refractivity contribution in [3.05, 3.63) is 96.5 Å². The molecule has 0 saturated heterocycles. The van der Waals surface area contributed by atoms with Gasteiger partial charge in [0, 0.05) is 26.7 Å². The molecule has 1 aliphatic carbocycles. The van der Waals surface area contributed by atoms with Crippen LogP contribution in [0.15, 0.2) is 64.0 Å². The molecule has 0 radical (unpaired) electrons. The molecule has 0 fully saturated rings. The van der Waals surface area contributed by atoms with Crippen molar-refractivity contribution in [2.45, 2.75) is 40.0 Å². The minimum Gasteiger partial charge on any atom is -0.455 e. The minimum atomic E-state index is -0.496. The lowest BCUT2D eigenvalue weighted by Gasteiger charge is -2.33. The standard InChI is InChI=1S/C30H27Cl2N3O4S/c1-30(2,3)17-4-11-23-26(14-17)40-29(27(23)28(36)34-20-8-5-18(31)6-9-20)33-16-21-10-13-25(39-21)22-12-7-19(32)15-24(22)35(37)38/h5-10,12-13,15-17H,4,11,14H2,1-3H3,(H,34,36)/t17-/m1/s1. The van der Waals surface area contributed by atoms with Crippen LogP contribution in [0.25, 0.3) is 11.3 Å². The van der Waals surface area contributed by atoms with Crippen molar-refractivity contribution in [3.8, 4) is 11.3 Å². The highest BCUT2D eigenvalue weighted by atomic mass is 35.5. The summed E-state index contributed by atoms with van der Waals surface area (Å²) >= 11 is 13.5. The third kappa shape index (κ3) is 5.99. The van der Waals surface area contributed by atoms with E-state index in [0.29, 0.717) is 44.3 Å². The van der Waals surface area contributed by atoms with Gasteiger partial charge in [0.1, 0.15) is 16.5 Å². The number of anilines is 1. The fourth-order valence-electron chi connectivity index (χ4n) is 4.92. The summed E-state index contributed by atoms with van der Waals surface area (Å²) in [5.74, 6) is 1.01. The van der Waals surface area contributed by atoms with Gasteiger partial charge in [-0.15, -0.1) is 11.3 Å². The molecule has 206 valence electrons. The van der Waals surface area contributed by atoms with E-state index in [1.54, 1.807) is 54.7 Å². The zero-order valence-corrected chi connectivity index (χ0v) is 24.5. The van der Waals surface area contributed by atoms with E-state index >= 15 is 0 Å². The van der Waals surface area contributed by atoms with Gasteiger partial charge in [-0.1, -0.05) is 44.0 Å². The van der Waals surface area contributed by atoms with E-state index in [1.165, 1.54) is 22.3 Å². The van der Waals surface area contributed by atoms with Gasteiger partial charge in [0.2, 0.25) is 0 Å². The van der Waals surface area contributed by atoms with E-state index in [1.807, 2.05) is 0 Å². The average molecular weight is 597 g/mol. The Hall–Kier alpha value is -3.46. The van der Waals surface area contributed by atoms with Crippen LogP contribution in [0, 0.1) is 21.4 Å². The molecular formula is C30H27Cl2N3O4S. The lowest BCUT2D eigenvalue weighted by molar-refractivity contribution is -0.384. The fraction of sp³-hybridized carbons (Fsp3) is 0.267. The quantitative estimate of drug-likeness (QED) is 0.136. The number of fused-ring (bicyclic) bond motifs is 1. The Labute approximate surface area is 246 Å². The van der Waals surface area contributed by atoms with Crippen LogP contribution in [0.2, 0.25) is 10.0 Å². The van der Waals surface area contributed by atoms with Gasteiger partial charge in [-0.05, 0) is 84.7 Å². The summed E-state index contributed by atoms with van der Waals surface area (Å²) < 4.78 is 5.89. The third-order valence-corrected chi connectivity index (χ3v) is 8.81. The summed E-state index contributed by atoms with van der Waals surface area (Å²) in [6.45, 7) is 6.76. The Bertz CT molecular complexity index is 1620. The summed E-state index contributed by atoms with van der Waals surface area (Å²) in [6, 6.07) is 14.7. The first kappa shape index (κ1) is 28.1. The Morgan fingerprint density at radius 2 is 1.85 bits per heavy atom. The van der Waals surface area contributed by atoms with Crippen LogP contribution in [-0.2, 0) is 12.8 Å². The van der Waals surface area contributed by atoms with Crippen LogP contribution in [0.3, 0.4) is 0 Å². The van der Waals surface area contributed by atoms with Crippen molar-refractivity contribution < 1.29 is 14.1 Å². The number of hydrogen-bond donors (Lipinski definition) is 1. The maximum absolute atomic E-state index is 13.6. The Morgan fingerprint density at radius 3 is 2.55 bits per heavy atom. The zero-order chi connectivity index (χ0) is 28.6. The first-order valence-electron chi connectivity index (χ1n) is 12.8.